The predicted molar refractivity (Wildman–Crippen MR) is 121 cm³/mol. The monoisotopic (exact) mass is 403 g/mol. The van der Waals surface area contributed by atoms with Gasteiger partial charge in [-0.1, -0.05) is 36.4 Å². The number of benzene rings is 2. The Morgan fingerprint density at radius 1 is 0.867 bits per heavy atom. The number of hydrogen-bond donors (Lipinski definition) is 0. The number of ketones is 1. The molecule has 2 aliphatic rings. The Morgan fingerprint density at radius 3 is 2.17 bits per heavy atom. The first kappa shape index (κ1) is 20.4. The van der Waals surface area contributed by atoms with Crippen LogP contribution in [0, 0.1) is 0 Å². The van der Waals surface area contributed by atoms with Gasteiger partial charge in [-0.3, -0.25) is 14.5 Å². The molecule has 0 radical (unpaired) electrons. The summed E-state index contributed by atoms with van der Waals surface area (Å²) in [6.07, 6.45) is 3.11. The van der Waals surface area contributed by atoms with Crippen molar-refractivity contribution in [2.75, 3.05) is 50.7 Å². The van der Waals surface area contributed by atoms with Crippen molar-refractivity contribution in [1.29, 1.82) is 0 Å². The van der Waals surface area contributed by atoms with Crippen LogP contribution >= 0.6 is 0 Å². The van der Waals surface area contributed by atoms with Gasteiger partial charge in [0.15, 0.2) is 5.78 Å². The molecule has 5 heteroatoms. The van der Waals surface area contributed by atoms with Crippen molar-refractivity contribution in [3.63, 3.8) is 0 Å². The lowest BCUT2D eigenvalue weighted by Crippen LogP contribution is -2.50. The van der Waals surface area contributed by atoms with E-state index in [2.05, 4.69) is 40.1 Å². The van der Waals surface area contributed by atoms with E-state index in [1.807, 2.05) is 35.2 Å². The summed E-state index contributed by atoms with van der Waals surface area (Å²) >= 11 is 0. The van der Waals surface area contributed by atoms with Crippen molar-refractivity contribution in [3.05, 3.63) is 71.8 Å². The molecule has 0 spiro atoms. The molecule has 5 nitrogen and oxygen atoms in total. The van der Waals surface area contributed by atoms with Crippen molar-refractivity contribution in [2.45, 2.75) is 13.3 Å². The van der Waals surface area contributed by atoms with Crippen molar-refractivity contribution in [2.24, 2.45) is 0 Å². The van der Waals surface area contributed by atoms with Gasteiger partial charge in [-0.15, -0.1) is 0 Å². The van der Waals surface area contributed by atoms with Gasteiger partial charge in [-0.25, -0.2) is 0 Å². The Labute approximate surface area is 178 Å². The SMILES string of the molecule is CC(=O)c1ccc(N2CCN(CC(=O)N3CC=C(c4ccccc4)CC3)CC2)cc1. The predicted octanol–water partition coefficient (Wildman–Crippen LogP) is 3.33. The number of rotatable bonds is 5. The smallest absolute Gasteiger partial charge is 0.237 e. The number of amides is 1. The molecule has 0 atom stereocenters. The first-order valence-corrected chi connectivity index (χ1v) is 10.7. The van der Waals surface area contributed by atoms with E-state index in [1.54, 1.807) is 6.92 Å². The van der Waals surface area contributed by atoms with Gasteiger partial charge < -0.3 is 9.80 Å². The minimum Gasteiger partial charge on any atom is -0.369 e. The largest absolute Gasteiger partial charge is 0.369 e. The third-order valence-electron chi connectivity index (χ3n) is 6.08. The fourth-order valence-electron chi connectivity index (χ4n) is 4.17. The molecule has 0 saturated carbocycles. The van der Waals surface area contributed by atoms with Crippen LogP contribution in [0.25, 0.3) is 5.57 Å². The normalized spacial score (nSPS) is 17.6. The zero-order valence-corrected chi connectivity index (χ0v) is 17.6. The van der Waals surface area contributed by atoms with Crippen LogP contribution in [0.1, 0.15) is 29.3 Å². The number of carbonyl (C=O) groups is 2. The maximum absolute atomic E-state index is 12.8. The molecule has 1 saturated heterocycles. The Balaban J connectivity index is 1.26. The van der Waals surface area contributed by atoms with Gasteiger partial charge in [0, 0.05) is 50.5 Å². The van der Waals surface area contributed by atoms with Crippen molar-refractivity contribution in [3.8, 4) is 0 Å². The molecule has 4 rings (SSSR count). The quantitative estimate of drug-likeness (QED) is 0.719. The topological polar surface area (TPSA) is 43.9 Å². The molecule has 0 aliphatic carbocycles. The lowest BCUT2D eigenvalue weighted by Gasteiger charge is -2.37. The number of hydrogen-bond acceptors (Lipinski definition) is 4. The minimum absolute atomic E-state index is 0.0910. The van der Waals surface area contributed by atoms with Crippen molar-refractivity contribution < 1.29 is 9.59 Å². The van der Waals surface area contributed by atoms with Gasteiger partial charge in [0.05, 0.1) is 6.54 Å². The molecular formula is C25H29N3O2. The van der Waals surface area contributed by atoms with Gasteiger partial charge >= 0.3 is 0 Å². The molecule has 156 valence electrons. The number of anilines is 1. The van der Waals surface area contributed by atoms with Gasteiger partial charge in [0.2, 0.25) is 5.91 Å². The van der Waals surface area contributed by atoms with E-state index in [9.17, 15) is 9.59 Å². The number of Topliss-reactive ketones (excluding diaryl/α,β-unsaturated/α-hetero) is 1. The van der Waals surface area contributed by atoms with E-state index in [-0.39, 0.29) is 11.7 Å². The van der Waals surface area contributed by atoms with E-state index in [0.29, 0.717) is 13.1 Å². The molecule has 1 amide bonds. The fraction of sp³-hybridized carbons (Fsp3) is 0.360. The van der Waals surface area contributed by atoms with Crippen LogP contribution in [-0.4, -0.2) is 67.3 Å². The van der Waals surface area contributed by atoms with Gasteiger partial charge in [0.1, 0.15) is 0 Å². The molecule has 0 unspecified atom stereocenters. The second kappa shape index (κ2) is 9.26. The summed E-state index contributed by atoms with van der Waals surface area (Å²) in [4.78, 5) is 30.8. The molecule has 2 aliphatic heterocycles. The standard InChI is InChI=1S/C25H29N3O2/c1-20(29)21-7-9-24(10-8-21)27-17-15-26(16-18-27)19-25(30)28-13-11-23(12-14-28)22-5-3-2-4-6-22/h2-11H,12-19H2,1H3. The summed E-state index contributed by atoms with van der Waals surface area (Å²) in [5.74, 6) is 0.311. The molecule has 0 N–H and O–H groups in total. The highest BCUT2D eigenvalue weighted by Crippen LogP contribution is 2.22. The second-order valence-corrected chi connectivity index (χ2v) is 8.05. The van der Waals surface area contributed by atoms with Crippen LogP contribution in [-0.2, 0) is 4.79 Å². The summed E-state index contributed by atoms with van der Waals surface area (Å²) < 4.78 is 0. The summed E-state index contributed by atoms with van der Waals surface area (Å²) in [6.45, 7) is 7.11. The third-order valence-corrected chi connectivity index (χ3v) is 6.08. The fourth-order valence-corrected chi connectivity index (χ4v) is 4.17. The Morgan fingerprint density at radius 2 is 1.57 bits per heavy atom. The molecule has 30 heavy (non-hydrogen) atoms. The van der Waals surface area contributed by atoms with Crippen LogP contribution < -0.4 is 4.90 Å². The number of carbonyl (C=O) groups excluding carboxylic acids is 2. The minimum atomic E-state index is 0.0910. The number of piperazine rings is 1. The lowest BCUT2D eigenvalue weighted by molar-refractivity contribution is -0.132. The van der Waals surface area contributed by atoms with E-state index < -0.39 is 0 Å². The second-order valence-electron chi connectivity index (χ2n) is 8.05. The zero-order valence-electron chi connectivity index (χ0n) is 17.6. The first-order valence-electron chi connectivity index (χ1n) is 10.7. The van der Waals surface area contributed by atoms with Gasteiger partial charge in [0.25, 0.3) is 0 Å². The number of nitrogens with zero attached hydrogens (tertiary/aromatic N) is 3. The molecule has 2 aromatic rings. The van der Waals surface area contributed by atoms with E-state index in [4.69, 9.17) is 0 Å². The van der Waals surface area contributed by atoms with E-state index >= 15 is 0 Å². The highest BCUT2D eigenvalue weighted by Gasteiger charge is 2.23. The Hall–Kier alpha value is -2.92. The zero-order chi connectivity index (χ0) is 20.9. The molecule has 1 fully saturated rings. The van der Waals surface area contributed by atoms with Crippen LogP contribution in [0.3, 0.4) is 0 Å². The molecular weight excluding hydrogens is 374 g/mol. The maximum Gasteiger partial charge on any atom is 0.237 e. The van der Waals surface area contributed by atoms with Gasteiger partial charge in [-0.2, -0.15) is 0 Å². The van der Waals surface area contributed by atoms with E-state index in [1.165, 1.54) is 11.1 Å². The first-order chi connectivity index (χ1) is 14.6. The highest BCUT2D eigenvalue weighted by atomic mass is 16.2. The summed E-state index contributed by atoms with van der Waals surface area (Å²) in [6, 6.07) is 18.2. The molecule has 0 aromatic heterocycles. The molecule has 2 aromatic carbocycles. The summed E-state index contributed by atoms with van der Waals surface area (Å²) in [5.41, 5.74) is 4.48. The maximum atomic E-state index is 12.8. The average molecular weight is 404 g/mol. The van der Waals surface area contributed by atoms with Crippen LogP contribution in [0.2, 0.25) is 0 Å². The Kier molecular flexibility index (Phi) is 6.29. The van der Waals surface area contributed by atoms with Crippen molar-refractivity contribution >= 4 is 23.0 Å². The van der Waals surface area contributed by atoms with Crippen molar-refractivity contribution in [1.82, 2.24) is 9.80 Å². The third kappa shape index (κ3) is 4.79. The summed E-state index contributed by atoms with van der Waals surface area (Å²) in [5, 5.41) is 0. The Bertz CT molecular complexity index is 913. The average Bonchev–Trinajstić information content (AvgIpc) is 2.80. The van der Waals surface area contributed by atoms with Crippen LogP contribution in [0.4, 0.5) is 5.69 Å². The molecule has 2 heterocycles. The lowest BCUT2D eigenvalue weighted by atomic mass is 9.99. The van der Waals surface area contributed by atoms with Crippen LogP contribution in [0.15, 0.2) is 60.7 Å². The highest BCUT2D eigenvalue weighted by molar-refractivity contribution is 5.94. The van der Waals surface area contributed by atoms with E-state index in [0.717, 1.165) is 50.4 Å². The van der Waals surface area contributed by atoms with Gasteiger partial charge in [-0.05, 0) is 48.7 Å². The molecule has 0 bridgehead atoms. The summed E-state index contributed by atoms with van der Waals surface area (Å²) in [7, 11) is 0. The van der Waals surface area contributed by atoms with Crippen LogP contribution in [0.5, 0.6) is 0 Å².